The number of hydrazone groups is 1. The van der Waals surface area contributed by atoms with Gasteiger partial charge in [0.15, 0.2) is 0 Å². The third-order valence-corrected chi connectivity index (χ3v) is 4.55. The number of halogens is 4. The number of amides is 1. The lowest BCUT2D eigenvalue weighted by molar-refractivity contribution is -0.137. The van der Waals surface area contributed by atoms with Crippen molar-refractivity contribution in [1.29, 1.82) is 0 Å². The molecule has 0 aromatic heterocycles. The minimum absolute atomic E-state index is 0.0999. The van der Waals surface area contributed by atoms with Crippen LogP contribution >= 0.6 is 27.7 Å². The van der Waals surface area contributed by atoms with E-state index >= 15 is 0 Å². The van der Waals surface area contributed by atoms with Crippen LogP contribution in [0.3, 0.4) is 0 Å². The van der Waals surface area contributed by atoms with E-state index in [1.807, 2.05) is 24.3 Å². The minimum atomic E-state index is -4.47. The lowest BCUT2D eigenvalue weighted by Crippen LogP contribution is -2.20. The van der Waals surface area contributed by atoms with Gasteiger partial charge in [-0.25, -0.2) is 5.43 Å². The molecule has 0 spiro atoms. The molecule has 132 valence electrons. The molecule has 0 radical (unpaired) electrons. The monoisotopic (exact) mass is 430 g/mol. The Morgan fingerprint density at radius 3 is 2.68 bits per heavy atom. The highest BCUT2D eigenvalue weighted by Gasteiger charge is 2.32. The molecule has 2 rings (SSSR count). The molecular formula is C17H14BrF3N2OS. The zero-order chi connectivity index (χ0) is 18.3. The van der Waals surface area contributed by atoms with Gasteiger partial charge in [0.2, 0.25) is 5.91 Å². The summed E-state index contributed by atoms with van der Waals surface area (Å²) in [7, 11) is 0. The summed E-state index contributed by atoms with van der Waals surface area (Å²) in [6, 6.07) is 12.8. The van der Waals surface area contributed by atoms with E-state index < -0.39 is 11.7 Å². The van der Waals surface area contributed by atoms with Gasteiger partial charge in [0.1, 0.15) is 0 Å². The topological polar surface area (TPSA) is 41.5 Å². The summed E-state index contributed by atoms with van der Waals surface area (Å²) in [5.41, 5.74) is 2.41. The molecule has 2 aromatic rings. The second-order valence-corrected chi connectivity index (χ2v) is 6.90. The second-order valence-electron chi connectivity index (χ2n) is 5.00. The van der Waals surface area contributed by atoms with Gasteiger partial charge in [-0.05, 0) is 23.8 Å². The first-order chi connectivity index (χ1) is 11.9. The summed E-state index contributed by atoms with van der Waals surface area (Å²) in [5, 5.41) is 3.61. The standard InChI is InChI=1S/C17H14BrF3N2OS/c18-14-6-3-4-12(8-14)10-25-11-16(24)23-22-9-13-5-1-2-7-15(13)17(19,20)21/h1-9H,10-11H2,(H,23,24)/b22-9+. The molecule has 3 nitrogen and oxygen atoms in total. The van der Waals surface area contributed by atoms with Crippen molar-refractivity contribution in [2.45, 2.75) is 11.9 Å². The lowest BCUT2D eigenvalue weighted by atomic mass is 10.1. The molecule has 0 bridgehead atoms. The average Bonchev–Trinajstić information content (AvgIpc) is 2.54. The lowest BCUT2D eigenvalue weighted by Gasteiger charge is -2.09. The van der Waals surface area contributed by atoms with Gasteiger partial charge in [0.25, 0.3) is 0 Å². The van der Waals surface area contributed by atoms with E-state index in [1.165, 1.54) is 30.0 Å². The van der Waals surface area contributed by atoms with Crippen molar-refractivity contribution in [3.05, 3.63) is 69.7 Å². The van der Waals surface area contributed by atoms with Crippen LogP contribution < -0.4 is 5.43 Å². The summed E-state index contributed by atoms with van der Waals surface area (Å²) in [5.74, 6) is 0.430. The van der Waals surface area contributed by atoms with E-state index in [1.54, 1.807) is 0 Å². The maximum Gasteiger partial charge on any atom is 0.417 e. The summed E-state index contributed by atoms with van der Waals surface area (Å²) in [4.78, 5) is 11.7. The number of nitrogens with one attached hydrogen (secondary N) is 1. The number of nitrogens with zero attached hydrogens (tertiary/aromatic N) is 1. The van der Waals surface area contributed by atoms with Gasteiger partial charge in [0.05, 0.1) is 17.5 Å². The molecule has 8 heteroatoms. The van der Waals surface area contributed by atoms with Crippen molar-refractivity contribution in [2.75, 3.05) is 5.75 Å². The predicted octanol–water partition coefficient (Wildman–Crippen LogP) is 4.85. The third-order valence-electron chi connectivity index (χ3n) is 3.05. The second kappa shape index (κ2) is 9.05. The molecule has 2 aromatic carbocycles. The molecule has 0 saturated heterocycles. The van der Waals surface area contributed by atoms with Crippen molar-refractivity contribution in [3.8, 4) is 0 Å². The molecular weight excluding hydrogens is 417 g/mol. The van der Waals surface area contributed by atoms with Gasteiger partial charge >= 0.3 is 6.18 Å². The van der Waals surface area contributed by atoms with Gasteiger partial charge in [-0.15, -0.1) is 11.8 Å². The van der Waals surface area contributed by atoms with Crippen molar-refractivity contribution < 1.29 is 18.0 Å². The first kappa shape index (κ1) is 19.5. The van der Waals surface area contributed by atoms with E-state index in [0.29, 0.717) is 5.75 Å². The quantitative estimate of drug-likeness (QED) is 0.525. The maximum absolute atomic E-state index is 12.8. The van der Waals surface area contributed by atoms with E-state index in [-0.39, 0.29) is 17.2 Å². The van der Waals surface area contributed by atoms with Crippen LogP contribution in [0.2, 0.25) is 0 Å². The normalized spacial score (nSPS) is 11.7. The van der Waals surface area contributed by atoms with Crippen LogP contribution in [0.15, 0.2) is 58.1 Å². The van der Waals surface area contributed by atoms with Crippen LogP contribution in [0, 0.1) is 0 Å². The highest BCUT2D eigenvalue weighted by molar-refractivity contribution is 9.10. The van der Waals surface area contributed by atoms with Crippen molar-refractivity contribution >= 4 is 39.8 Å². The van der Waals surface area contributed by atoms with E-state index in [0.717, 1.165) is 22.3 Å². The van der Waals surface area contributed by atoms with E-state index in [9.17, 15) is 18.0 Å². The number of thioether (sulfide) groups is 1. The largest absolute Gasteiger partial charge is 0.417 e. The molecule has 0 saturated carbocycles. The Bertz CT molecular complexity index is 766. The number of alkyl halides is 3. The molecule has 1 amide bonds. The number of benzene rings is 2. The minimum Gasteiger partial charge on any atom is -0.272 e. The molecule has 0 aliphatic rings. The summed E-state index contributed by atoms with van der Waals surface area (Å²) < 4.78 is 39.5. The molecule has 0 aliphatic carbocycles. The molecule has 0 unspecified atom stereocenters. The zero-order valence-electron chi connectivity index (χ0n) is 12.9. The molecule has 0 atom stereocenters. The highest BCUT2D eigenvalue weighted by atomic mass is 79.9. The van der Waals surface area contributed by atoms with Crippen LogP contribution in [-0.4, -0.2) is 17.9 Å². The van der Waals surface area contributed by atoms with Gasteiger partial charge in [-0.1, -0.05) is 46.3 Å². The Kier molecular flexibility index (Phi) is 7.07. The summed E-state index contributed by atoms with van der Waals surface area (Å²) in [6.45, 7) is 0. The van der Waals surface area contributed by atoms with E-state index in [4.69, 9.17) is 0 Å². The Morgan fingerprint density at radius 2 is 1.96 bits per heavy atom. The Balaban J connectivity index is 1.83. The van der Waals surface area contributed by atoms with Crippen LogP contribution in [0.4, 0.5) is 13.2 Å². The Hall–Kier alpha value is -1.80. The maximum atomic E-state index is 12.8. The van der Waals surface area contributed by atoms with Crippen molar-refractivity contribution in [3.63, 3.8) is 0 Å². The fourth-order valence-corrected chi connectivity index (χ4v) is 3.18. The number of rotatable bonds is 6. The number of hydrogen-bond acceptors (Lipinski definition) is 3. The average molecular weight is 431 g/mol. The van der Waals surface area contributed by atoms with Gasteiger partial charge in [0, 0.05) is 15.8 Å². The van der Waals surface area contributed by atoms with Crippen LogP contribution in [0.25, 0.3) is 0 Å². The molecule has 0 heterocycles. The third kappa shape index (κ3) is 6.55. The first-order valence-corrected chi connectivity index (χ1v) is 9.11. The van der Waals surface area contributed by atoms with Gasteiger partial charge < -0.3 is 0 Å². The Morgan fingerprint density at radius 1 is 1.20 bits per heavy atom. The van der Waals surface area contributed by atoms with Crippen LogP contribution in [-0.2, 0) is 16.7 Å². The zero-order valence-corrected chi connectivity index (χ0v) is 15.3. The predicted molar refractivity (Wildman–Crippen MR) is 97.5 cm³/mol. The smallest absolute Gasteiger partial charge is 0.272 e. The van der Waals surface area contributed by atoms with E-state index in [2.05, 4.69) is 26.5 Å². The van der Waals surface area contributed by atoms with Crippen LogP contribution in [0.1, 0.15) is 16.7 Å². The molecule has 25 heavy (non-hydrogen) atoms. The van der Waals surface area contributed by atoms with Gasteiger partial charge in [-0.2, -0.15) is 18.3 Å². The number of carbonyl (C=O) groups is 1. The van der Waals surface area contributed by atoms with Crippen LogP contribution in [0.5, 0.6) is 0 Å². The summed E-state index contributed by atoms with van der Waals surface area (Å²) >= 11 is 4.76. The number of hydrogen-bond donors (Lipinski definition) is 1. The van der Waals surface area contributed by atoms with Gasteiger partial charge in [-0.3, -0.25) is 4.79 Å². The SMILES string of the molecule is O=C(CSCc1cccc(Br)c1)N/N=C/c1ccccc1C(F)(F)F. The molecule has 0 aliphatic heterocycles. The fourth-order valence-electron chi connectivity index (χ4n) is 1.96. The fraction of sp³-hybridized carbons (Fsp3) is 0.176. The number of carbonyl (C=O) groups excluding carboxylic acids is 1. The highest BCUT2D eigenvalue weighted by Crippen LogP contribution is 2.31. The van der Waals surface area contributed by atoms with Crippen molar-refractivity contribution in [2.24, 2.45) is 5.10 Å². The summed E-state index contributed by atoms with van der Waals surface area (Å²) in [6.07, 6.45) is -3.47. The van der Waals surface area contributed by atoms with Crippen molar-refractivity contribution in [1.82, 2.24) is 5.43 Å². The molecule has 1 N–H and O–H groups in total. The molecule has 0 fully saturated rings. The Labute approximate surface area is 155 Å². The first-order valence-electron chi connectivity index (χ1n) is 7.16.